The highest BCUT2D eigenvalue weighted by atomic mass is 32.2. The Kier molecular flexibility index (Phi) is 6.89. The standard InChI is InChI=1S/C20H31N3O3S/c1-2-22(19-9-15-27(25,26)17-19)10-8-20(24)23-13-11-21(12-14-23)16-18-6-4-3-5-7-18/h3-7,19H,2,8-17H2,1H3. The second-order valence-corrected chi connectivity index (χ2v) is 9.81. The molecule has 2 saturated heterocycles. The van der Waals surface area contributed by atoms with Crippen molar-refractivity contribution in [3.63, 3.8) is 0 Å². The SMILES string of the molecule is CCN(CCC(=O)N1CCN(Cc2ccccc2)CC1)C1CCS(=O)(=O)C1. The van der Waals surface area contributed by atoms with Gasteiger partial charge in [0.15, 0.2) is 9.84 Å². The van der Waals surface area contributed by atoms with Gasteiger partial charge in [0.25, 0.3) is 0 Å². The molecule has 0 spiro atoms. The third-order valence-electron chi connectivity index (χ3n) is 5.72. The van der Waals surface area contributed by atoms with Crippen molar-refractivity contribution >= 4 is 15.7 Å². The molecule has 0 aliphatic carbocycles. The maximum Gasteiger partial charge on any atom is 0.223 e. The number of benzene rings is 1. The number of hydrogen-bond donors (Lipinski definition) is 0. The summed E-state index contributed by atoms with van der Waals surface area (Å²) < 4.78 is 23.4. The highest BCUT2D eigenvalue weighted by Crippen LogP contribution is 2.18. The summed E-state index contributed by atoms with van der Waals surface area (Å²) in [5, 5.41) is 0. The van der Waals surface area contributed by atoms with Gasteiger partial charge < -0.3 is 4.90 Å². The molecule has 0 N–H and O–H groups in total. The summed E-state index contributed by atoms with van der Waals surface area (Å²) in [6.07, 6.45) is 1.17. The number of nitrogens with zero attached hydrogens (tertiary/aromatic N) is 3. The molecule has 2 aliphatic rings. The number of carbonyl (C=O) groups excluding carboxylic acids is 1. The van der Waals surface area contributed by atoms with Crippen LogP contribution in [0.15, 0.2) is 30.3 Å². The summed E-state index contributed by atoms with van der Waals surface area (Å²) in [7, 11) is -2.88. The van der Waals surface area contributed by atoms with Crippen molar-refractivity contribution in [2.75, 3.05) is 50.8 Å². The second-order valence-electron chi connectivity index (χ2n) is 7.58. The summed E-state index contributed by atoms with van der Waals surface area (Å²) in [6.45, 7) is 7.77. The Balaban J connectivity index is 1.41. The zero-order chi connectivity index (χ0) is 19.3. The zero-order valence-electron chi connectivity index (χ0n) is 16.2. The van der Waals surface area contributed by atoms with Gasteiger partial charge >= 0.3 is 0 Å². The molecule has 2 aliphatic heterocycles. The second kappa shape index (κ2) is 9.17. The van der Waals surface area contributed by atoms with Crippen molar-refractivity contribution in [1.82, 2.24) is 14.7 Å². The van der Waals surface area contributed by atoms with Crippen LogP contribution in [0.3, 0.4) is 0 Å². The van der Waals surface area contributed by atoms with Crippen LogP contribution < -0.4 is 0 Å². The molecule has 0 saturated carbocycles. The molecule has 150 valence electrons. The van der Waals surface area contributed by atoms with E-state index in [2.05, 4.69) is 34.1 Å². The molecular weight excluding hydrogens is 362 g/mol. The van der Waals surface area contributed by atoms with Crippen molar-refractivity contribution in [3.05, 3.63) is 35.9 Å². The van der Waals surface area contributed by atoms with E-state index in [9.17, 15) is 13.2 Å². The Morgan fingerprint density at radius 2 is 1.85 bits per heavy atom. The normalized spacial score (nSPS) is 23.0. The number of carbonyl (C=O) groups is 1. The van der Waals surface area contributed by atoms with Crippen LogP contribution in [0.25, 0.3) is 0 Å². The molecule has 2 heterocycles. The fraction of sp³-hybridized carbons (Fsp3) is 0.650. The van der Waals surface area contributed by atoms with E-state index >= 15 is 0 Å². The molecule has 1 aromatic rings. The lowest BCUT2D eigenvalue weighted by Crippen LogP contribution is -2.49. The third-order valence-corrected chi connectivity index (χ3v) is 7.47. The minimum atomic E-state index is -2.88. The topological polar surface area (TPSA) is 60.9 Å². The van der Waals surface area contributed by atoms with Crippen LogP contribution in [0.5, 0.6) is 0 Å². The van der Waals surface area contributed by atoms with Crippen molar-refractivity contribution in [3.8, 4) is 0 Å². The lowest BCUT2D eigenvalue weighted by molar-refractivity contribution is -0.133. The minimum absolute atomic E-state index is 0.0792. The summed E-state index contributed by atoms with van der Waals surface area (Å²) in [4.78, 5) is 19.1. The van der Waals surface area contributed by atoms with Crippen molar-refractivity contribution in [2.24, 2.45) is 0 Å². The van der Waals surface area contributed by atoms with Crippen LogP contribution in [0.2, 0.25) is 0 Å². The average molecular weight is 394 g/mol. The first-order valence-electron chi connectivity index (χ1n) is 9.95. The van der Waals surface area contributed by atoms with Gasteiger partial charge in [-0.05, 0) is 18.5 Å². The van der Waals surface area contributed by atoms with Crippen molar-refractivity contribution < 1.29 is 13.2 Å². The maximum absolute atomic E-state index is 12.6. The van der Waals surface area contributed by atoms with Gasteiger partial charge in [0.2, 0.25) is 5.91 Å². The van der Waals surface area contributed by atoms with Crippen LogP contribution in [0.1, 0.15) is 25.3 Å². The first-order valence-corrected chi connectivity index (χ1v) is 11.8. The largest absolute Gasteiger partial charge is 0.340 e. The zero-order valence-corrected chi connectivity index (χ0v) is 17.0. The molecule has 0 radical (unpaired) electrons. The minimum Gasteiger partial charge on any atom is -0.340 e. The Morgan fingerprint density at radius 3 is 2.44 bits per heavy atom. The van der Waals surface area contributed by atoms with E-state index in [4.69, 9.17) is 0 Å². The maximum atomic E-state index is 12.6. The van der Waals surface area contributed by atoms with E-state index < -0.39 is 9.84 Å². The monoisotopic (exact) mass is 393 g/mol. The Labute approximate surface area is 163 Å². The average Bonchev–Trinajstić information content (AvgIpc) is 3.03. The quantitative estimate of drug-likeness (QED) is 0.697. The molecule has 6 nitrogen and oxygen atoms in total. The van der Waals surface area contributed by atoms with E-state index in [1.807, 2.05) is 17.9 Å². The third kappa shape index (κ3) is 5.77. The molecule has 7 heteroatoms. The summed E-state index contributed by atoms with van der Waals surface area (Å²) >= 11 is 0. The van der Waals surface area contributed by atoms with E-state index in [1.54, 1.807) is 0 Å². The van der Waals surface area contributed by atoms with Gasteiger partial charge in [-0.3, -0.25) is 14.6 Å². The molecule has 1 aromatic carbocycles. The molecule has 1 unspecified atom stereocenters. The number of amides is 1. The van der Waals surface area contributed by atoms with E-state index in [1.165, 1.54) is 5.56 Å². The molecule has 2 fully saturated rings. The predicted octanol–water partition coefficient (Wildman–Crippen LogP) is 1.23. The molecule has 27 heavy (non-hydrogen) atoms. The van der Waals surface area contributed by atoms with Gasteiger partial charge in [-0.2, -0.15) is 0 Å². The number of sulfone groups is 1. The highest BCUT2D eigenvalue weighted by Gasteiger charge is 2.32. The highest BCUT2D eigenvalue weighted by molar-refractivity contribution is 7.91. The van der Waals surface area contributed by atoms with Gasteiger partial charge in [-0.1, -0.05) is 37.3 Å². The molecular formula is C20H31N3O3S. The van der Waals surface area contributed by atoms with Crippen LogP contribution >= 0.6 is 0 Å². The lowest BCUT2D eigenvalue weighted by Gasteiger charge is -2.35. The van der Waals surface area contributed by atoms with Crippen LogP contribution in [0.4, 0.5) is 0 Å². The van der Waals surface area contributed by atoms with E-state index in [0.29, 0.717) is 19.4 Å². The predicted molar refractivity (Wildman–Crippen MR) is 107 cm³/mol. The van der Waals surface area contributed by atoms with Crippen LogP contribution in [-0.2, 0) is 21.2 Å². The molecule has 3 rings (SSSR count). The van der Waals surface area contributed by atoms with Crippen LogP contribution in [0, 0.1) is 0 Å². The summed E-state index contributed by atoms with van der Waals surface area (Å²) in [5.41, 5.74) is 1.31. The first kappa shape index (κ1) is 20.3. The fourth-order valence-electron chi connectivity index (χ4n) is 4.06. The van der Waals surface area contributed by atoms with Crippen LogP contribution in [-0.4, -0.2) is 85.8 Å². The number of hydrogen-bond acceptors (Lipinski definition) is 5. The number of piperazine rings is 1. The number of rotatable bonds is 7. The first-order chi connectivity index (χ1) is 13.0. The lowest BCUT2D eigenvalue weighted by atomic mass is 10.2. The van der Waals surface area contributed by atoms with E-state index in [0.717, 1.165) is 39.3 Å². The van der Waals surface area contributed by atoms with Gasteiger partial charge in [-0.25, -0.2) is 8.42 Å². The molecule has 1 amide bonds. The van der Waals surface area contributed by atoms with Gasteiger partial charge in [-0.15, -0.1) is 0 Å². The van der Waals surface area contributed by atoms with E-state index in [-0.39, 0.29) is 23.5 Å². The van der Waals surface area contributed by atoms with Crippen molar-refractivity contribution in [1.29, 1.82) is 0 Å². The van der Waals surface area contributed by atoms with Gasteiger partial charge in [0.05, 0.1) is 11.5 Å². The summed E-state index contributed by atoms with van der Waals surface area (Å²) in [6, 6.07) is 10.5. The van der Waals surface area contributed by atoms with Gasteiger partial charge in [0.1, 0.15) is 0 Å². The molecule has 0 bridgehead atoms. The molecule has 1 atom stereocenters. The fourth-order valence-corrected chi connectivity index (χ4v) is 5.82. The van der Waals surface area contributed by atoms with Crippen molar-refractivity contribution in [2.45, 2.75) is 32.4 Å². The molecule has 0 aromatic heterocycles. The summed E-state index contributed by atoms with van der Waals surface area (Å²) in [5.74, 6) is 0.715. The Morgan fingerprint density at radius 1 is 1.15 bits per heavy atom. The Bertz CT molecular complexity index is 715. The van der Waals surface area contributed by atoms with Gasteiger partial charge in [0, 0.05) is 51.7 Å². The Hall–Kier alpha value is -1.44. The smallest absolute Gasteiger partial charge is 0.223 e.